The van der Waals surface area contributed by atoms with Crippen LogP contribution in [0, 0.1) is 12.8 Å². The average Bonchev–Trinajstić information content (AvgIpc) is 2.79. The van der Waals surface area contributed by atoms with Gasteiger partial charge in [0.1, 0.15) is 0 Å². The molecule has 0 N–H and O–H groups in total. The molecule has 3 heteroatoms. The van der Waals surface area contributed by atoms with Crippen LogP contribution in [0.2, 0.25) is 0 Å². The molecule has 1 fully saturated rings. The maximum atomic E-state index is 5.84. The first-order chi connectivity index (χ1) is 6.18. The number of alkyl halides is 1. The molecular weight excluding hydrogens is 184 g/mol. The molecule has 0 aliphatic heterocycles. The highest BCUT2D eigenvalue weighted by Crippen LogP contribution is 2.54. The lowest BCUT2D eigenvalue weighted by atomic mass is 10.0. The van der Waals surface area contributed by atoms with Crippen molar-refractivity contribution in [1.29, 1.82) is 0 Å². The summed E-state index contributed by atoms with van der Waals surface area (Å²) < 4.78 is 0. The molecule has 13 heavy (non-hydrogen) atoms. The van der Waals surface area contributed by atoms with Gasteiger partial charge < -0.3 is 0 Å². The van der Waals surface area contributed by atoms with Crippen molar-refractivity contribution in [1.82, 2.24) is 9.97 Å². The van der Waals surface area contributed by atoms with Crippen LogP contribution in [0.3, 0.4) is 0 Å². The topological polar surface area (TPSA) is 25.8 Å². The van der Waals surface area contributed by atoms with E-state index in [9.17, 15) is 0 Å². The van der Waals surface area contributed by atoms with E-state index in [-0.39, 0.29) is 5.41 Å². The third kappa shape index (κ3) is 1.33. The zero-order chi connectivity index (χ0) is 9.47. The van der Waals surface area contributed by atoms with Gasteiger partial charge in [-0.25, -0.2) is 0 Å². The quantitative estimate of drug-likeness (QED) is 0.679. The molecule has 0 saturated heterocycles. The van der Waals surface area contributed by atoms with E-state index in [4.69, 9.17) is 11.6 Å². The number of halogens is 1. The third-order valence-corrected chi connectivity index (χ3v) is 3.39. The van der Waals surface area contributed by atoms with E-state index in [1.54, 1.807) is 12.4 Å². The molecule has 1 heterocycles. The second-order valence-electron chi connectivity index (χ2n) is 3.96. The van der Waals surface area contributed by atoms with Crippen molar-refractivity contribution in [3.63, 3.8) is 0 Å². The van der Waals surface area contributed by atoms with Gasteiger partial charge in [0.15, 0.2) is 0 Å². The fraction of sp³-hybridized carbons (Fsp3) is 0.600. The number of hydrogen-bond donors (Lipinski definition) is 0. The highest BCUT2D eigenvalue weighted by atomic mass is 35.5. The molecule has 2 nitrogen and oxygen atoms in total. The van der Waals surface area contributed by atoms with Crippen molar-refractivity contribution in [3.8, 4) is 0 Å². The van der Waals surface area contributed by atoms with Crippen LogP contribution in [0.15, 0.2) is 12.4 Å². The highest BCUT2D eigenvalue weighted by Gasteiger charge is 2.52. The summed E-state index contributed by atoms with van der Waals surface area (Å²) in [5.74, 6) is 1.32. The van der Waals surface area contributed by atoms with E-state index in [1.807, 2.05) is 6.92 Å². The summed E-state index contributed by atoms with van der Waals surface area (Å²) >= 11 is 5.84. The molecule has 1 aromatic rings. The van der Waals surface area contributed by atoms with E-state index in [0.717, 1.165) is 23.7 Å². The third-order valence-electron chi connectivity index (χ3n) is 3.02. The molecule has 2 unspecified atom stereocenters. The lowest BCUT2D eigenvalue weighted by molar-refractivity contribution is 0.666. The molecule has 1 aliphatic carbocycles. The van der Waals surface area contributed by atoms with Crippen molar-refractivity contribution in [2.24, 2.45) is 5.92 Å². The summed E-state index contributed by atoms with van der Waals surface area (Å²) in [5.41, 5.74) is 2.36. The van der Waals surface area contributed by atoms with Crippen molar-refractivity contribution in [2.75, 3.05) is 5.88 Å². The van der Waals surface area contributed by atoms with Gasteiger partial charge in [0.05, 0.1) is 11.4 Å². The van der Waals surface area contributed by atoms with Crippen molar-refractivity contribution < 1.29 is 0 Å². The Morgan fingerprint density at radius 3 is 2.77 bits per heavy atom. The average molecular weight is 197 g/mol. The molecule has 0 bridgehead atoms. The Morgan fingerprint density at radius 2 is 2.23 bits per heavy atom. The fourth-order valence-corrected chi connectivity index (χ4v) is 2.39. The standard InChI is InChI=1S/C10H13ClN2/c1-7-9(13-4-3-12-7)10(2)5-8(10)6-11/h3-4,8H,5-6H2,1-2H3. The monoisotopic (exact) mass is 196 g/mol. The first-order valence-corrected chi connectivity index (χ1v) is 5.06. The summed E-state index contributed by atoms with van der Waals surface area (Å²) in [7, 11) is 0. The van der Waals surface area contributed by atoms with Crippen molar-refractivity contribution in [2.45, 2.75) is 25.7 Å². The molecule has 0 aromatic carbocycles. The number of nitrogens with zero attached hydrogens (tertiary/aromatic N) is 2. The Hall–Kier alpha value is -0.630. The van der Waals surface area contributed by atoms with Gasteiger partial charge in [-0.3, -0.25) is 9.97 Å². The SMILES string of the molecule is Cc1nccnc1C1(C)CC1CCl. The summed E-state index contributed by atoms with van der Waals surface area (Å²) in [4.78, 5) is 8.64. The van der Waals surface area contributed by atoms with Gasteiger partial charge in [-0.1, -0.05) is 6.92 Å². The number of aromatic nitrogens is 2. The Balaban J connectivity index is 2.32. The van der Waals surface area contributed by atoms with Gasteiger partial charge in [-0.05, 0) is 19.3 Å². The predicted octanol–water partition coefficient (Wildman–Crippen LogP) is 2.30. The van der Waals surface area contributed by atoms with Gasteiger partial charge in [0, 0.05) is 23.7 Å². The maximum absolute atomic E-state index is 5.84. The van der Waals surface area contributed by atoms with Crippen molar-refractivity contribution in [3.05, 3.63) is 23.8 Å². The fourth-order valence-electron chi connectivity index (χ4n) is 1.94. The van der Waals surface area contributed by atoms with Crippen LogP contribution >= 0.6 is 11.6 Å². The summed E-state index contributed by atoms with van der Waals surface area (Å²) in [5, 5.41) is 0. The minimum Gasteiger partial charge on any atom is -0.258 e. The molecule has 0 amide bonds. The summed E-state index contributed by atoms with van der Waals surface area (Å²) in [6, 6.07) is 0. The molecule has 0 radical (unpaired) electrons. The predicted molar refractivity (Wildman–Crippen MR) is 52.9 cm³/mol. The number of hydrogen-bond acceptors (Lipinski definition) is 2. The number of rotatable bonds is 2. The minimum absolute atomic E-state index is 0.195. The van der Waals surface area contributed by atoms with Gasteiger partial charge in [-0.15, -0.1) is 11.6 Å². The smallest absolute Gasteiger partial charge is 0.0678 e. The Bertz CT molecular complexity index is 326. The molecular formula is C10H13ClN2. The molecule has 70 valence electrons. The molecule has 1 saturated carbocycles. The van der Waals surface area contributed by atoms with E-state index in [1.165, 1.54) is 0 Å². The lowest BCUT2D eigenvalue weighted by Gasteiger charge is -2.11. The van der Waals surface area contributed by atoms with E-state index in [0.29, 0.717) is 5.92 Å². The summed E-state index contributed by atoms with van der Waals surface area (Å²) in [6.07, 6.45) is 4.65. The lowest BCUT2D eigenvalue weighted by Crippen LogP contribution is -2.11. The van der Waals surface area contributed by atoms with E-state index >= 15 is 0 Å². The normalized spacial score (nSPS) is 31.8. The Kier molecular flexibility index (Phi) is 2.03. The Labute approximate surface area is 83.4 Å². The second-order valence-corrected chi connectivity index (χ2v) is 4.27. The molecule has 1 aromatic heterocycles. The van der Waals surface area contributed by atoms with Gasteiger partial charge in [-0.2, -0.15) is 0 Å². The van der Waals surface area contributed by atoms with Crippen LogP contribution in [0.4, 0.5) is 0 Å². The number of aryl methyl sites for hydroxylation is 1. The molecule has 1 aliphatic rings. The van der Waals surface area contributed by atoms with Gasteiger partial charge in [0.25, 0.3) is 0 Å². The van der Waals surface area contributed by atoms with Crippen LogP contribution in [0.1, 0.15) is 24.7 Å². The Morgan fingerprint density at radius 1 is 1.54 bits per heavy atom. The molecule has 2 atom stereocenters. The summed E-state index contributed by atoms with van der Waals surface area (Å²) in [6.45, 7) is 4.23. The molecule has 0 spiro atoms. The van der Waals surface area contributed by atoms with Crippen molar-refractivity contribution >= 4 is 11.6 Å². The van der Waals surface area contributed by atoms with Crippen LogP contribution < -0.4 is 0 Å². The highest BCUT2D eigenvalue weighted by molar-refractivity contribution is 6.18. The maximum Gasteiger partial charge on any atom is 0.0678 e. The largest absolute Gasteiger partial charge is 0.258 e. The van der Waals surface area contributed by atoms with Gasteiger partial charge >= 0.3 is 0 Å². The van der Waals surface area contributed by atoms with E-state index in [2.05, 4.69) is 16.9 Å². The van der Waals surface area contributed by atoms with Crippen LogP contribution in [0.5, 0.6) is 0 Å². The van der Waals surface area contributed by atoms with Crippen LogP contribution in [0.25, 0.3) is 0 Å². The van der Waals surface area contributed by atoms with Gasteiger partial charge in [0.2, 0.25) is 0 Å². The first kappa shape index (κ1) is 8.95. The first-order valence-electron chi connectivity index (χ1n) is 4.52. The van der Waals surface area contributed by atoms with E-state index < -0.39 is 0 Å². The zero-order valence-corrected chi connectivity index (χ0v) is 8.67. The zero-order valence-electron chi connectivity index (χ0n) is 7.92. The molecule has 2 rings (SSSR count). The minimum atomic E-state index is 0.195. The second kappa shape index (κ2) is 2.95. The van der Waals surface area contributed by atoms with Crippen LogP contribution in [-0.4, -0.2) is 15.8 Å². The van der Waals surface area contributed by atoms with Crippen LogP contribution in [-0.2, 0) is 5.41 Å².